The molecule has 0 bridgehead atoms. The summed E-state index contributed by atoms with van der Waals surface area (Å²) in [6.07, 6.45) is 0.251. The topological polar surface area (TPSA) is 183 Å². The van der Waals surface area contributed by atoms with E-state index in [2.05, 4.69) is 0 Å². The van der Waals surface area contributed by atoms with Gasteiger partial charge in [0.15, 0.2) is 11.4 Å². The van der Waals surface area contributed by atoms with Crippen LogP contribution in [0.15, 0.2) is 28.7 Å². The molecule has 3 aliphatic carbocycles. The molecule has 1 aromatic rings. The number of nitrogens with zero attached hydrogens (tertiary/aromatic N) is 2. The second kappa shape index (κ2) is 11.1. The van der Waals surface area contributed by atoms with Crippen LogP contribution in [0.3, 0.4) is 0 Å². The number of likely N-dealkylation sites (N-methyl/N-ethyl adjacent to an activating group) is 2. The number of allylic oxidation sites excluding steroid dienone is 1. The molecule has 6 N–H and O–H groups in total. The molecule has 4 rings (SSSR count). The van der Waals surface area contributed by atoms with Crippen molar-refractivity contribution >= 4 is 17.5 Å². The van der Waals surface area contributed by atoms with Crippen molar-refractivity contribution in [3.63, 3.8) is 0 Å². The normalized spacial score (nSPS) is 26.0. The van der Waals surface area contributed by atoms with E-state index in [0.29, 0.717) is 36.6 Å². The average molecular weight is 574 g/mol. The van der Waals surface area contributed by atoms with Gasteiger partial charge in [-0.15, -0.1) is 0 Å². The van der Waals surface area contributed by atoms with Crippen LogP contribution in [0.2, 0.25) is 0 Å². The molecule has 1 amide bonds. The van der Waals surface area contributed by atoms with E-state index in [9.17, 15) is 34.8 Å². The fourth-order valence-electron chi connectivity index (χ4n) is 6.55. The molecule has 0 spiro atoms. The van der Waals surface area contributed by atoms with Crippen LogP contribution in [0.5, 0.6) is 11.5 Å². The van der Waals surface area contributed by atoms with Crippen molar-refractivity contribution in [3.05, 3.63) is 45.4 Å². The zero-order valence-electron chi connectivity index (χ0n) is 24.2. The SMILES string of the molecule is COc1c(CN(C)CCOC(C)C)cc(O)c2c1C[C@H]1C[C@H]3[C@H](N(C)C)C(O)=C(C(N)=O)C(=O)[C@@]3(O)C(O)=C1C2=O. The Morgan fingerprint density at radius 2 is 1.85 bits per heavy atom. The van der Waals surface area contributed by atoms with Gasteiger partial charge in [0.05, 0.1) is 31.4 Å². The van der Waals surface area contributed by atoms with Crippen LogP contribution in [0.4, 0.5) is 0 Å². The van der Waals surface area contributed by atoms with Gasteiger partial charge < -0.3 is 35.6 Å². The summed E-state index contributed by atoms with van der Waals surface area (Å²) in [5, 5.41) is 45.0. The molecule has 0 saturated heterocycles. The second-order valence-electron chi connectivity index (χ2n) is 11.6. The fourth-order valence-corrected chi connectivity index (χ4v) is 6.55. The van der Waals surface area contributed by atoms with Crippen molar-refractivity contribution in [2.45, 2.75) is 51.0 Å². The lowest BCUT2D eigenvalue weighted by Crippen LogP contribution is -2.63. The fraction of sp³-hybridized carbons (Fsp3) is 0.552. The summed E-state index contributed by atoms with van der Waals surface area (Å²) in [7, 11) is 6.54. The number of phenolic OH excluding ortho intramolecular Hbond substituents is 1. The number of ether oxygens (including phenoxy) is 2. The number of carbonyl (C=O) groups is 3. The molecular formula is C29H39N3O9. The summed E-state index contributed by atoms with van der Waals surface area (Å²) in [5.74, 6) is -6.47. The summed E-state index contributed by atoms with van der Waals surface area (Å²) < 4.78 is 11.4. The third-order valence-corrected chi connectivity index (χ3v) is 8.32. The summed E-state index contributed by atoms with van der Waals surface area (Å²) in [4.78, 5) is 42.9. The first-order chi connectivity index (χ1) is 19.2. The number of primary amides is 1. The van der Waals surface area contributed by atoms with Crippen LogP contribution in [0.25, 0.3) is 0 Å². The van der Waals surface area contributed by atoms with Gasteiger partial charge in [0.2, 0.25) is 5.78 Å². The van der Waals surface area contributed by atoms with Crippen molar-refractivity contribution < 1.29 is 44.3 Å². The number of ketones is 2. The van der Waals surface area contributed by atoms with Gasteiger partial charge >= 0.3 is 0 Å². The highest BCUT2D eigenvalue weighted by Gasteiger charge is 2.63. The molecule has 0 saturated carbocycles. The second-order valence-corrected chi connectivity index (χ2v) is 11.6. The molecule has 0 aromatic heterocycles. The Kier molecular flexibility index (Phi) is 8.25. The lowest BCUT2D eigenvalue weighted by atomic mass is 9.58. The van der Waals surface area contributed by atoms with Crippen molar-refractivity contribution in [1.82, 2.24) is 9.80 Å². The summed E-state index contributed by atoms with van der Waals surface area (Å²) >= 11 is 0. The van der Waals surface area contributed by atoms with Crippen LogP contribution in [0.1, 0.15) is 41.8 Å². The number of amides is 1. The smallest absolute Gasteiger partial charge is 0.255 e. The van der Waals surface area contributed by atoms with Gasteiger partial charge in [-0.25, -0.2) is 0 Å². The van der Waals surface area contributed by atoms with Gasteiger partial charge in [-0.2, -0.15) is 0 Å². The number of phenols is 1. The lowest BCUT2D eigenvalue weighted by molar-refractivity contribution is -0.148. The Hall–Kier alpha value is -3.45. The summed E-state index contributed by atoms with van der Waals surface area (Å²) in [6.45, 7) is 5.42. The molecule has 3 aliphatic rings. The zero-order valence-corrected chi connectivity index (χ0v) is 24.2. The minimum Gasteiger partial charge on any atom is -0.510 e. The summed E-state index contributed by atoms with van der Waals surface area (Å²) in [6, 6.07) is 0.386. The number of rotatable bonds is 9. The minimum absolute atomic E-state index is 0.00630. The molecule has 0 aliphatic heterocycles. The highest BCUT2D eigenvalue weighted by molar-refractivity contribution is 6.24. The van der Waals surface area contributed by atoms with Crippen LogP contribution in [-0.4, -0.2) is 107 Å². The number of carbonyl (C=O) groups excluding carboxylic acids is 3. The molecule has 0 radical (unpaired) electrons. The standard InChI is InChI=1S/C29H39N3O9/c1-13(2)41-8-7-32(5)12-15-11-18(33)20-16(25(15)40-6)9-14-10-17-22(31(3)4)24(35)21(28(30)38)27(37)29(17,39)26(36)19(14)23(20)34/h11,13-14,17,22,33,35-36,39H,7-10,12H2,1-6H3,(H2,30,38)/t14-,17-,22-,29-/m0/s1. The first-order valence-electron chi connectivity index (χ1n) is 13.5. The van der Waals surface area contributed by atoms with E-state index in [4.69, 9.17) is 15.2 Å². The van der Waals surface area contributed by atoms with Crippen molar-refractivity contribution in [2.24, 2.45) is 17.6 Å². The van der Waals surface area contributed by atoms with E-state index in [0.717, 1.165) is 0 Å². The van der Waals surface area contributed by atoms with Gasteiger partial charge in [0, 0.05) is 35.7 Å². The number of methoxy groups -OCH3 is 1. The molecule has 0 unspecified atom stereocenters. The maximum Gasteiger partial charge on any atom is 0.255 e. The Morgan fingerprint density at radius 1 is 1.20 bits per heavy atom. The first kappa shape index (κ1) is 30.5. The number of aliphatic hydroxyl groups excluding tert-OH is 2. The molecule has 1 aromatic carbocycles. The van der Waals surface area contributed by atoms with Crippen LogP contribution in [0, 0.1) is 11.8 Å². The van der Waals surface area contributed by atoms with Gasteiger partial charge in [-0.3, -0.25) is 24.2 Å². The minimum atomic E-state index is -2.68. The van der Waals surface area contributed by atoms with Gasteiger partial charge in [0.1, 0.15) is 28.6 Å². The maximum atomic E-state index is 13.9. The van der Waals surface area contributed by atoms with Crippen molar-refractivity contribution in [2.75, 3.05) is 41.4 Å². The molecule has 41 heavy (non-hydrogen) atoms. The Bertz CT molecular complexity index is 1350. The van der Waals surface area contributed by atoms with Crippen LogP contribution < -0.4 is 10.5 Å². The Labute approximate surface area is 238 Å². The predicted octanol–water partition coefficient (Wildman–Crippen LogP) is 0.986. The van der Waals surface area contributed by atoms with E-state index in [1.54, 1.807) is 14.1 Å². The highest BCUT2D eigenvalue weighted by atomic mass is 16.5. The zero-order chi connectivity index (χ0) is 30.5. The number of hydrogen-bond acceptors (Lipinski definition) is 11. The Morgan fingerprint density at radius 3 is 2.41 bits per heavy atom. The number of nitrogens with two attached hydrogens (primary N) is 1. The van der Waals surface area contributed by atoms with Crippen molar-refractivity contribution in [1.29, 1.82) is 0 Å². The first-order valence-corrected chi connectivity index (χ1v) is 13.5. The summed E-state index contributed by atoms with van der Waals surface area (Å²) in [5.41, 5.74) is 2.66. The quantitative estimate of drug-likeness (QED) is 0.266. The number of aliphatic hydroxyl groups is 3. The van der Waals surface area contributed by atoms with Crippen molar-refractivity contribution in [3.8, 4) is 11.5 Å². The molecule has 12 nitrogen and oxygen atoms in total. The lowest BCUT2D eigenvalue weighted by Gasteiger charge is -2.50. The van der Waals surface area contributed by atoms with E-state index < -0.39 is 58.0 Å². The number of fused-ring (bicyclic) bond motifs is 3. The highest BCUT2D eigenvalue weighted by Crippen LogP contribution is 2.53. The van der Waals surface area contributed by atoms with Crippen LogP contribution in [-0.2, 0) is 27.3 Å². The monoisotopic (exact) mass is 573 g/mol. The molecule has 0 heterocycles. The molecular weight excluding hydrogens is 534 g/mol. The van der Waals surface area contributed by atoms with E-state index in [1.807, 2.05) is 25.8 Å². The average Bonchev–Trinajstić information content (AvgIpc) is 2.85. The third-order valence-electron chi connectivity index (χ3n) is 8.32. The van der Waals surface area contributed by atoms with Crippen LogP contribution >= 0.6 is 0 Å². The molecule has 0 fully saturated rings. The van der Waals surface area contributed by atoms with Gasteiger partial charge in [0.25, 0.3) is 5.91 Å². The van der Waals surface area contributed by atoms with Gasteiger partial charge in [-0.1, -0.05) is 0 Å². The molecule has 224 valence electrons. The number of aromatic hydroxyl groups is 1. The largest absolute Gasteiger partial charge is 0.510 e. The molecule has 12 heteroatoms. The van der Waals surface area contributed by atoms with E-state index >= 15 is 0 Å². The third kappa shape index (κ3) is 4.88. The number of benzene rings is 1. The predicted molar refractivity (Wildman–Crippen MR) is 148 cm³/mol. The van der Waals surface area contributed by atoms with Gasteiger partial charge in [-0.05, 0) is 59.8 Å². The maximum absolute atomic E-state index is 13.9. The number of hydrogen-bond donors (Lipinski definition) is 5. The molecule has 4 atom stereocenters. The van der Waals surface area contributed by atoms with E-state index in [1.165, 1.54) is 18.1 Å². The Balaban J connectivity index is 1.81. The van der Waals surface area contributed by atoms with E-state index in [-0.39, 0.29) is 35.8 Å². The number of Topliss-reactive ketones (excluding diaryl/α,β-unsaturated/α-hetero) is 2.